The second-order valence-corrected chi connectivity index (χ2v) is 3.39. The van der Waals surface area contributed by atoms with Gasteiger partial charge in [-0.05, 0) is 25.1 Å². The summed E-state index contributed by atoms with van der Waals surface area (Å²) >= 11 is 0. The number of ether oxygens (including phenoxy) is 2. The predicted octanol–water partition coefficient (Wildman–Crippen LogP) is 2.60. The Kier molecular flexibility index (Phi) is 4.73. The SMILES string of the molecule is C=CCOCc1cc(C(C)=O)ccc1OC. The van der Waals surface area contributed by atoms with Crippen molar-refractivity contribution in [1.82, 2.24) is 0 Å². The molecular weight excluding hydrogens is 204 g/mol. The highest BCUT2D eigenvalue weighted by Crippen LogP contribution is 2.21. The zero-order valence-electron chi connectivity index (χ0n) is 9.66. The van der Waals surface area contributed by atoms with E-state index in [0.717, 1.165) is 11.3 Å². The second kappa shape index (κ2) is 6.08. The van der Waals surface area contributed by atoms with E-state index in [2.05, 4.69) is 6.58 Å². The van der Waals surface area contributed by atoms with Gasteiger partial charge in [0, 0.05) is 11.1 Å². The number of Topliss-reactive ketones (excluding diaryl/α,β-unsaturated/α-hetero) is 1. The summed E-state index contributed by atoms with van der Waals surface area (Å²) in [5.74, 6) is 0.765. The van der Waals surface area contributed by atoms with Crippen LogP contribution in [0.25, 0.3) is 0 Å². The van der Waals surface area contributed by atoms with Crippen molar-refractivity contribution < 1.29 is 14.3 Å². The molecule has 3 nitrogen and oxygen atoms in total. The largest absolute Gasteiger partial charge is 0.496 e. The summed E-state index contributed by atoms with van der Waals surface area (Å²) in [6.45, 7) is 6.00. The maximum Gasteiger partial charge on any atom is 0.159 e. The zero-order valence-corrected chi connectivity index (χ0v) is 9.66. The van der Waals surface area contributed by atoms with Crippen molar-refractivity contribution in [2.45, 2.75) is 13.5 Å². The van der Waals surface area contributed by atoms with Crippen molar-refractivity contribution in [3.8, 4) is 5.75 Å². The molecule has 1 rings (SSSR count). The predicted molar refractivity (Wildman–Crippen MR) is 62.9 cm³/mol. The monoisotopic (exact) mass is 220 g/mol. The third kappa shape index (κ3) is 3.21. The molecule has 1 aromatic rings. The van der Waals surface area contributed by atoms with Crippen LogP contribution in [0.1, 0.15) is 22.8 Å². The molecule has 0 aliphatic rings. The van der Waals surface area contributed by atoms with Crippen molar-refractivity contribution in [2.24, 2.45) is 0 Å². The van der Waals surface area contributed by atoms with E-state index < -0.39 is 0 Å². The molecule has 0 saturated heterocycles. The number of carbonyl (C=O) groups is 1. The standard InChI is InChI=1S/C13H16O3/c1-4-7-16-9-12-8-11(10(2)14)5-6-13(12)15-3/h4-6,8H,1,7,9H2,2-3H3. The van der Waals surface area contributed by atoms with Crippen molar-refractivity contribution in [1.29, 1.82) is 0 Å². The highest BCUT2D eigenvalue weighted by molar-refractivity contribution is 5.94. The van der Waals surface area contributed by atoms with Gasteiger partial charge in [0.1, 0.15) is 5.75 Å². The molecule has 0 unspecified atom stereocenters. The Morgan fingerprint density at radius 2 is 2.25 bits per heavy atom. The minimum absolute atomic E-state index is 0.0348. The number of rotatable bonds is 6. The van der Waals surface area contributed by atoms with Gasteiger partial charge in [-0.3, -0.25) is 4.79 Å². The van der Waals surface area contributed by atoms with E-state index in [1.165, 1.54) is 6.92 Å². The summed E-state index contributed by atoms with van der Waals surface area (Å²) in [6, 6.07) is 5.33. The molecule has 0 amide bonds. The van der Waals surface area contributed by atoms with Gasteiger partial charge in [0.25, 0.3) is 0 Å². The molecule has 0 aliphatic carbocycles. The molecule has 0 aliphatic heterocycles. The molecule has 0 spiro atoms. The molecule has 0 aromatic heterocycles. The van der Waals surface area contributed by atoms with E-state index in [-0.39, 0.29) is 5.78 Å². The molecule has 0 saturated carbocycles. The Hall–Kier alpha value is -1.61. The van der Waals surface area contributed by atoms with Crippen LogP contribution in [-0.2, 0) is 11.3 Å². The van der Waals surface area contributed by atoms with Crippen LogP contribution in [0, 0.1) is 0 Å². The lowest BCUT2D eigenvalue weighted by atomic mass is 10.1. The molecule has 86 valence electrons. The molecule has 16 heavy (non-hydrogen) atoms. The van der Waals surface area contributed by atoms with E-state index in [0.29, 0.717) is 18.8 Å². The van der Waals surface area contributed by atoms with Gasteiger partial charge in [0.15, 0.2) is 5.78 Å². The smallest absolute Gasteiger partial charge is 0.159 e. The summed E-state index contributed by atoms with van der Waals surface area (Å²) in [7, 11) is 1.60. The van der Waals surface area contributed by atoms with Crippen LogP contribution in [-0.4, -0.2) is 19.5 Å². The fourth-order valence-corrected chi connectivity index (χ4v) is 1.36. The lowest BCUT2D eigenvalue weighted by Crippen LogP contribution is -2.00. The maximum absolute atomic E-state index is 11.2. The first-order chi connectivity index (χ1) is 7.69. The molecular formula is C13H16O3. The van der Waals surface area contributed by atoms with Gasteiger partial charge in [0.05, 0.1) is 20.3 Å². The first-order valence-corrected chi connectivity index (χ1v) is 5.05. The van der Waals surface area contributed by atoms with Gasteiger partial charge in [-0.1, -0.05) is 6.08 Å². The molecule has 0 N–H and O–H groups in total. The zero-order chi connectivity index (χ0) is 12.0. The van der Waals surface area contributed by atoms with Crippen LogP contribution in [0.2, 0.25) is 0 Å². The van der Waals surface area contributed by atoms with E-state index >= 15 is 0 Å². The highest BCUT2D eigenvalue weighted by atomic mass is 16.5. The van der Waals surface area contributed by atoms with Crippen LogP contribution in [0.5, 0.6) is 5.75 Å². The number of hydrogen-bond acceptors (Lipinski definition) is 3. The Morgan fingerprint density at radius 3 is 2.81 bits per heavy atom. The molecule has 0 radical (unpaired) electrons. The average molecular weight is 220 g/mol. The fourth-order valence-electron chi connectivity index (χ4n) is 1.36. The molecule has 0 heterocycles. The van der Waals surface area contributed by atoms with E-state index in [9.17, 15) is 4.79 Å². The number of carbonyl (C=O) groups excluding carboxylic acids is 1. The van der Waals surface area contributed by atoms with Gasteiger partial charge in [-0.15, -0.1) is 6.58 Å². The third-order valence-corrected chi connectivity index (χ3v) is 2.18. The van der Waals surface area contributed by atoms with Crippen molar-refractivity contribution >= 4 is 5.78 Å². The van der Waals surface area contributed by atoms with E-state index in [1.54, 1.807) is 31.4 Å². The lowest BCUT2D eigenvalue weighted by Gasteiger charge is -2.09. The van der Waals surface area contributed by atoms with Gasteiger partial charge < -0.3 is 9.47 Å². The summed E-state index contributed by atoms with van der Waals surface area (Å²) in [6.07, 6.45) is 1.68. The number of methoxy groups -OCH3 is 1. The quantitative estimate of drug-likeness (QED) is 0.420. The molecule has 3 heteroatoms. The van der Waals surface area contributed by atoms with Crippen LogP contribution in [0.15, 0.2) is 30.9 Å². The number of benzene rings is 1. The van der Waals surface area contributed by atoms with Crippen molar-refractivity contribution in [3.63, 3.8) is 0 Å². The average Bonchev–Trinajstić information content (AvgIpc) is 2.29. The van der Waals surface area contributed by atoms with Crippen LogP contribution >= 0.6 is 0 Å². The van der Waals surface area contributed by atoms with Gasteiger partial charge >= 0.3 is 0 Å². The third-order valence-electron chi connectivity index (χ3n) is 2.18. The summed E-state index contributed by atoms with van der Waals surface area (Å²) in [5, 5.41) is 0. The molecule has 0 atom stereocenters. The molecule has 1 aromatic carbocycles. The fraction of sp³-hybridized carbons (Fsp3) is 0.308. The number of ketones is 1. The topological polar surface area (TPSA) is 35.5 Å². The van der Waals surface area contributed by atoms with Gasteiger partial charge in [0.2, 0.25) is 0 Å². The minimum atomic E-state index is 0.0348. The lowest BCUT2D eigenvalue weighted by molar-refractivity contribution is 0.101. The van der Waals surface area contributed by atoms with Crippen molar-refractivity contribution in [2.75, 3.05) is 13.7 Å². The van der Waals surface area contributed by atoms with E-state index in [4.69, 9.17) is 9.47 Å². The van der Waals surface area contributed by atoms with Crippen LogP contribution in [0.4, 0.5) is 0 Å². The number of hydrogen-bond donors (Lipinski definition) is 0. The minimum Gasteiger partial charge on any atom is -0.496 e. The Morgan fingerprint density at radius 1 is 1.50 bits per heavy atom. The summed E-state index contributed by atoms with van der Waals surface area (Å²) < 4.78 is 10.5. The first kappa shape index (κ1) is 12.5. The Balaban J connectivity index is 2.88. The van der Waals surface area contributed by atoms with Gasteiger partial charge in [-0.2, -0.15) is 0 Å². The van der Waals surface area contributed by atoms with Crippen LogP contribution in [0.3, 0.4) is 0 Å². The highest BCUT2D eigenvalue weighted by Gasteiger charge is 2.06. The molecule has 0 bridgehead atoms. The van der Waals surface area contributed by atoms with Crippen molar-refractivity contribution in [3.05, 3.63) is 42.0 Å². The Labute approximate surface area is 95.7 Å². The maximum atomic E-state index is 11.2. The Bertz CT molecular complexity index is 383. The molecule has 0 fully saturated rings. The summed E-state index contributed by atoms with van der Waals surface area (Å²) in [4.78, 5) is 11.2. The van der Waals surface area contributed by atoms with E-state index in [1.807, 2.05) is 0 Å². The van der Waals surface area contributed by atoms with Crippen LogP contribution < -0.4 is 4.74 Å². The summed E-state index contributed by atoms with van der Waals surface area (Å²) in [5.41, 5.74) is 1.54. The first-order valence-electron chi connectivity index (χ1n) is 5.05. The second-order valence-electron chi connectivity index (χ2n) is 3.39. The normalized spacial score (nSPS) is 9.88. The van der Waals surface area contributed by atoms with Gasteiger partial charge in [-0.25, -0.2) is 0 Å².